The Hall–Kier alpha value is -3.54. The summed E-state index contributed by atoms with van der Waals surface area (Å²) >= 11 is 0. The first-order valence-corrected chi connectivity index (χ1v) is 8.11. The minimum Gasteiger partial charge on any atom is -0.339 e. The molecule has 0 unspecified atom stereocenters. The molecule has 0 bridgehead atoms. The Bertz CT molecular complexity index is 952. The first-order chi connectivity index (χ1) is 12.5. The molecule has 6 heteroatoms. The molecule has 0 spiro atoms. The van der Waals surface area contributed by atoms with Gasteiger partial charge in [-0.05, 0) is 55.8 Å². The highest BCUT2D eigenvalue weighted by atomic mass is 16.2. The van der Waals surface area contributed by atoms with Gasteiger partial charge >= 0.3 is 0 Å². The highest BCUT2D eigenvalue weighted by molar-refractivity contribution is 6.03. The highest BCUT2D eigenvalue weighted by Gasteiger charge is 2.10. The van der Waals surface area contributed by atoms with Gasteiger partial charge in [0.25, 0.3) is 5.91 Å². The van der Waals surface area contributed by atoms with Gasteiger partial charge in [0.15, 0.2) is 17.3 Å². The Morgan fingerprint density at radius 2 is 1.65 bits per heavy atom. The summed E-state index contributed by atoms with van der Waals surface area (Å²) in [7, 11) is 0. The van der Waals surface area contributed by atoms with Crippen molar-refractivity contribution in [2.75, 3.05) is 10.6 Å². The van der Waals surface area contributed by atoms with Crippen LogP contribution in [0.15, 0.2) is 60.7 Å². The van der Waals surface area contributed by atoms with E-state index >= 15 is 0 Å². The van der Waals surface area contributed by atoms with Gasteiger partial charge in [0.05, 0.1) is 0 Å². The van der Waals surface area contributed by atoms with Crippen LogP contribution < -0.4 is 10.6 Å². The van der Waals surface area contributed by atoms with Gasteiger partial charge in [-0.2, -0.15) is 0 Å². The predicted octanol–water partition coefficient (Wildman–Crippen LogP) is 3.98. The summed E-state index contributed by atoms with van der Waals surface area (Å²) in [6.45, 7) is 3.48. The molecule has 1 aromatic heterocycles. The maximum absolute atomic E-state index is 12.3. The average molecular weight is 346 g/mol. The van der Waals surface area contributed by atoms with Gasteiger partial charge in [-0.15, -0.1) is 10.2 Å². The number of rotatable bonds is 5. The van der Waals surface area contributed by atoms with Gasteiger partial charge in [-0.1, -0.05) is 24.3 Å². The predicted molar refractivity (Wildman–Crippen MR) is 101 cm³/mol. The number of hydrogen-bond donors (Lipinski definition) is 2. The molecule has 0 aliphatic heterocycles. The van der Waals surface area contributed by atoms with Crippen molar-refractivity contribution in [1.82, 2.24) is 10.2 Å². The van der Waals surface area contributed by atoms with Gasteiger partial charge in [-0.25, -0.2) is 0 Å². The molecule has 0 fully saturated rings. The third-order valence-electron chi connectivity index (χ3n) is 3.71. The SMILES string of the molecule is CC(=O)c1cccc(NC(=O)c2ccc(Nc3cccc(C)c3)nn2)c1. The van der Waals surface area contributed by atoms with E-state index in [0.29, 0.717) is 17.1 Å². The second kappa shape index (κ2) is 7.57. The average Bonchev–Trinajstić information content (AvgIpc) is 2.62. The molecule has 3 aromatic rings. The second-order valence-electron chi connectivity index (χ2n) is 5.89. The lowest BCUT2D eigenvalue weighted by Crippen LogP contribution is -2.15. The molecular weight excluding hydrogens is 328 g/mol. The Morgan fingerprint density at radius 3 is 2.35 bits per heavy atom. The van der Waals surface area contributed by atoms with Crippen LogP contribution in [0.25, 0.3) is 0 Å². The molecule has 2 aromatic carbocycles. The summed E-state index contributed by atoms with van der Waals surface area (Å²) in [5.74, 6) is 0.0958. The monoisotopic (exact) mass is 346 g/mol. The summed E-state index contributed by atoms with van der Waals surface area (Å²) in [4.78, 5) is 23.7. The van der Waals surface area contributed by atoms with E-state index in [1.165, 1.54) is 6.92 Å². The first kappa shape index (κ1) is 17.3. The van der Waals surface area contributed by atoms with Crippen LogP contribution in [0.3, 0.4) is 0 Å². The minimum atomic E-state index is -0.389. The van der Waals surface area contributed by atoms with Crippen molar-refractivity contribution in [2.45, 2.75) is 13.8 Å². The topological polar surface area (TPSA) is 84.0 Å². The lowest BCUT2D eigenvalue weighted by molar-refractivity contribution is 0.100. The molecule has 0 saturated heterocycles. The van der Waals surface area contributed by atoms with Gasteiger partial charge in [-0.3, -0.25) is 9.59 Å². The van der Waals surface area contributed by atoms with E-state index in [0.717, 1.165) is 11.3 Å². The maximum atomic E-state index is 12.3. The van der Waals surface area contributed by atoms with Gasteiger partial charge in [0.2, 0.25) is 0 Å². The van der Waals surface area contributed by atoms with Gasteiger partial charge < -0.3 is 10.6 Å². The van der Waals surface area contributed by atoms with Crippen LogP contribution in [0.5, 0.6) is 0 Å². The molecule has 0 aliphatic rings. The smallest absolute Gasteiger partial charge is 0.276 e. The number of nitrogens with zero attached hydrogens (tertiary/aromatic N) is 2. The Kier molecular flexibility index (Phi) is 5.03. The quantitative estimate of drug-likeness (QED) is 0.683. The Labute approximate surface area is 151 Å². The normalized spacial score (nSPS) is 10.2. The third kappa shape index (κ3) is 4.30. The fourth-order valence-electron chi connectivity index (χ4n) is 2.40. The number of nitrogens with one attached hydrogen (secondary N) is 2. The molecule has 3 rings (SSSR count). The molecule has 1 heterocycles. The molecule has 130 valence electrons. The van der Waals surface area contributed by atoms with Crippen molar-refractivity contribution in [3.8, 4) is 0 Å². The fourth-order valence-corrected chi connectivity index (χ4v) is 2.40. The van der Waals surface area contributed by atoms with Crippen LogP contribution in [0.4, 0.5) is 17.2 Å². The number of benzene rings is 2. The minimum absolute atomic E-state index is 0.0625. The Balaban J connectivity index is 1.69. The summed E-state index contributed by atoms with van der Waals surface area (Å²) in [6, 6.07) is 17.9. The maximum Gasteiger partial charge on any atom is 0.276 e. The van der Waals surface area contributed by atoms with E-state index in [1.807, 2.05) is 31.2 Å². The number of carbonyl (C=O) groups excluding carboxylic acids is 2. The molecule has 2 N–H and O–H groups in total. The van der Waals surface area contributed by atoms with E-state index in [1.54, 1.807) is 36.4 Å². The van der Waals surface area contributed by atoms with E-state index in [4.69, 9.17) is 0 Å². The first-order valence-electron chi connectivity index (χ1n) is 8.11. The zero-order valence-electron chi connectivity index (χ0n) is 14.5. The molecule has 1 amide bonds. The largest absolute Gasteiger partial charge is 0.339 e. The fraction of sp³-hybridized carbons (Fsp3) is 0.100. The van der Waals surface area contributed by atoms with Crippen molar-refractivity contribution in [3.05, 3.63) is 77.5 Å². The van der Waals surface area contributed by atoms with E-state index in [-0.39, 0.29) is 17.4 Å². The van der Waals surface area contributed by atoms with E-state index in [2.05, 4.69) is 20.8 Å². The number of Topliss-reactive ketones (excluding diaryl/α,β-unsaturated/α-hetero) is 1. The lowest BCUT2D eigenvalue weighted by Gasteiger charge is -2.07. The summed E-state index contributed by atoms with van der Waals surface area (Å²) < 4.78 is 0. The number of aromatic nitrogens is 2. The van der Waals surface area contributed by atoms with Crippen molar-refractivity contribution >= 4 is 28.9 Å². The number of carbonyl (C=O) groups is 2. The number of anilines is 3. The summed E-state index contributed by atoms with van der Waals surface area (Å²) in [5.41, 5.74) is 3.29. The van der Waals surface area contributed by atoms with Crippen LogP contribution >= 0.6 is 0 Å². The molecule has 26 heavy (non-hydrogen) atoms. The number of hydrogen-bond acceptors (Lipinski definition) is 5. The van der Waals surface area contributed by atoms with Crippen LogP contribution in [0, 0.1) is 6.92 Å². The highest BCUT2D eigenvalue weighted by Crippen LogP contribution is 2.16. The number of amides is 1. The van der Waals surface area contributed by atoms with E-state index in [9.17, 15) is 9.59 Å². The molecule has 0 saturated carbocycles. The zero-order chi connectivity index (χ0) is 18.5. The molecule has 6 nitrogen and oxygen atoms in total. The van der Waals surface area contributed by atoms with Crippen molar-refractivity contribution in [2.24, 2.45) is 0 Å². The second-order valence-corrected chi connectivity index (χ2v) is 5.89. The van der Waals surface area contributed by atoms with Gasteiger partial charge in [0, 0.05) is 16.9 Å². The Morgan fingerprint density at radius 1 is 0.885 bits per heavy atom. The van der Waals surface area contributed by atoms with Crippen molar-refractivity contribution in [3.63, 3.8) is 0 Å². The van der Waals surface area contributed by atoms with Crippen LogP contribution in [0.2, 0.25) is 0 Å². The number of aryl methyl sites for hydroxylation is 1. The standard InChI is InChI=1S/C20H18N4O2/c1-13-5-3-7-16(11-13)21-19-10-9-18(23-24-19)20(26)22-17-8-4-6-15(12-17)14(2)25/h3-12H,1-2H3,(H,21,24)(H,22,26). The molecule has 0 atom stereocenters. The van der Waals surface area contributed by atoms with Gasteiger partial charge in [0.1, 0.15) is 0 Å². The lowest BCUT2D eigenvalue weighted by atomic mass is 10.1. The van der Waals surface area contributed by atoms with Crippen molar-refractivity contribution in [1.29, 1.82) is 0 Å². The zero-order valence-corrected chi connectivity index (χ0v) is 14.5. The summed E-state index contributed by atoms with van der Waals surface area (Å²) in [5, 5.41) is 13.8. The van der Waals surface area contributed by atoms with Crippen molar-refractivity contribution < 1.29 is 9.59 Å². The molecule has 0 aliphatic carbocycles. The number of ketones is 1. The van der Waals surface area contributed by atoms with Crippen LogP contribution in [0.1, 0.15) is 33.3 Å². The third-order valence-corrected chi connectivity index (χ3v) is 3.71. The molecular formula is C20H18N4O2. The van der Waals surface area contributed by atoms with Crippen LogP contribution in [-0.4, -0.2) is 21.9 Å². The molecule has 0 radical (unpaired) electrons. The van der Waals surface area contributed by atoms with E-state index < -0.39 is 0 Å². The summed E-state index contributed by atoms with van der Waals surface area (Å²) in [6.07, 6.45) is 0. The van der Waals surface area contributed by atoms with Crippen LogP contribution in [-0.2, 0) is 0 Å².